The number of hydrogen-bond donors (Lipinski definition) is 0. The van der Waals surface area contributed by atoms with Crippen LogP contribution in [0.5, 0.6) is 0 Å². The zero-order chi connectivity index (χ0) is 7.98. The SMILES string of the molecule is C=C(CCC)/C(C)=C\CC. The molecule has 0 aliphatic heterocycles. The lowest BCUT2D eigenvalue weighted by Crippen LogP contribution is -1.82. The van der Waals surface area contributed by atoms with Gasteiger partial charge < -0.3 is 0 Å². The molecule has 58 valence electrons. The van der Waals surface area contributed by atoms with E-state index in [1.165, 1.54) is 17.6 Å². The van der Waals surface area contributed by atoms with Crippen molar-refractivity contribution < 1.29 is 0 Å². The molecule has 0 atom stereocenters. The van der Waals surface area contributed by atoms with E-state index in [4.69, 9.17) is 0 Å². The number of allylic oxidation sites excluding steroid dienone is 3. The van der Waals surface area contributed by atoms with Crippen molar-refractivity contribution in [2.75, 3.05) is 0 Å². The van der Waals surface area contributed by atoms with Crippen molar-refractivity contribution in [3.05, 3.63) is 23.8 Å². The lowest BCUT2D eigenvalue weighted by molar-refractivity contribution is 0.912. The minimum atomic E-state index is 1.12. The van der Waals surface area contributed by atoms with Gasteiger partial charge in [-0.1, -0.05) is 44.1 Å². The molecule has 0 nitrogen and oxygen atoms in total. The fourth-order valence-electron chi connectivity index (χ4n) is 0.949. The van der Waals surface area contributed by atoms with Crippen LogP contribution in [0.2, 0.25) is 0 Å². The standard InChI is InChI=1S/C10H18/c1-5-7-9(3)10(4)8-6-2/h8H,3,5-7H2,1-2,4H3/b10-8-. The highest BCUT2D eigenvalue weighted by molar-refractivity contribution is 5.25. The summed E-state index contributed by atoms with van der Waals surface area (Å²) in [5.74, 6) is 0. The maximum atomic E-state index is 3.99. The minimum Gasteiger partial charge on any atom is -0.0956 e. The molecule has 0 aromatic carbocycles. The summed E-state index contributed by atoms with van der Waals surface area (Å²) in [4.78, 5) is 0. The van der Waals surface area contributed by atoms with Crippen molar-refractivity contribution >= 4 is 0 Å². The van der Waals surface area contributed by atoms with Gasteiger partial charge >= 0.3 is 0 Å². The van der Waals surface area contributed by atoms with E-state index in [0.717, 1.165) is 12.8 Å². The topological polar surface area (TPSA) is 0 Å². The first-order valence-electron chi connectivity index (χ1n) is 4.07. The van der Waals surface area contributed by atoms with Gasteiger partial charge in [0.25, 0.3) is 0 Å². The molecule has 0 spiro atoms. The second-order valence-electron chi connectivity index (χ2n) is 2.65. The van der Waals surface area contributed by atoms with E-state index in [1.807, 2.05) is 0 Å². The largest absolute Gasteiger partial charge is 0.0956 e. The molecule has 0 saturated carbocycles. The molecule has 0 radical (unpaired) electrons. The summed E-state index contributed by atoms with van der Waals surface area (Å²) in [7, 11) is 0. The first kappa shape index (κ1) is 9.48. The third kappa shape index (κ3) is 3.49. The van der Waals surface area contributed by atoms with Crippen LogP contribution in [0, 0.1) is 0 Å². The summed E-state index contributed by atoms with van der Waals surface area (Å²) < 4.78 is 0. The number of hydrogen-bond acceptors (Lipinski definition) is 0. The molecule has 0 bridgehead atoms. The molecule has 0 unspecified atom stereocenters. The summed E-state index contributed by atoms with van der Waals surface area (Å²) in [5, 5.41) is 0. The molecule has 0 aliphatic carbocycles. The van der Waals surface area contributed by atoms with Gasteiger partial charge in [0.2, 0.25) is 0 Å². The highest BCUT2D eigenvalue weighted by Crippen LogP contribution is 2.12. The molecular weight excluding hydrogens is 120 g/mol. The smallest absolute Gasteiger partial charge is 0.0285 e. The lowest BCUT2D eigenvalue weighted by atomic mass is 10.0. The van der Waals surface area contributed by atoms with Crippen LogP contribution in [-0.2, 0) is 0 Å². The Hall–Kier alpha value is -0.520. The predicted molar refractivity (Wildman–Crippen MR) is 48.1 cm³/mol. The van der Waals surface area contributed by atoms with Gasteiger partial charge in [0.05, 0.1) is 0 Å². The molecule has 0 aliphatic rings. The van der Waals surface area contributed by atoms with Crippen LogP contribution in [0.25, 0.3) is 0 Å². The first-order valence-corrected chi connectivity index (χ1v) is 4.07. The van der Waals surface area contributed by atoms with Crippen molar-refractivity contribution in [3.63, 3.8) is 0 Å². The minimum absolute atomic E-state index is 1.12. The van der Waals surface area contributed by atoms with Crippen LogP contribution in [0.15, 0.2) is 23.8 Å². The van der Waals surface area contributed by atoms with Gasteiger partial charge in [0.15, 0.2) is 0 Å². The van der Waals surface area contributed by atoms with E-state index in [-0.39, 0.29) is 0 Å². The summed E-state index contributed by atoms with van der Waals surface area (Å²) >= 11 is 0. The Morgan fingerprint density at radius 2 is 2.00 bits per heavy atom. The highest BCUT2D eigenvalue weighted by atomic mass is 14.0. The zero-order valence-corrected chi connectivity index (χ0v) is 7.41. The Labute approximate surface area is 64.6 Å². The van der Waals surface area contributed by atoms with E-state index in [9.17, 15) is 0 Å². The maximum Gasteiger partial charge on any atom is -0.0285 e. The predicted octanol–water partition coefficient (Wildman–Crippen LogP) is 3.70. The Bertz CT molecular complexity index is 129. The fourth-order valence-corrected chi connectivity index (χ4v) is 0.949. The Morgan fingerprint density at radius 3 is 2.40 bits per heavy atom. The van der Waals surface area contributed by atoms with Gasteiger partial charge in [-0.3, -0.25) is 0 Å². The second-order valence-corrected chi connectivity index (χ2v) is 2.65. The van der Waals surface area contributed by atoms with Crippen LogP contribution >= 0.6 is 0 Å². The van der Waals surface area contributed by atoms with Gasteiger partial charge in [-0.25, -0.2) is 0 Å². The van der Waals surface area contributed by atoms with Gasteiger partial charge in [-0.05, 0) is 19.8 Å². The molecule has 0 heterocycles. The Balaban J connectivity index is 3.82. The molecule has 0 heteroatoms. The average Bonchev–Trinajstić information content (AvgIpc) is 1.89. The monoisotopic (exact) mass is 138 g/mol. The summed E-state index contributed by atoms with van der Waals surface area (Å²) in [6.45, 7) is 10.5. The molecule has 0 aromatic heterocycles. The van der Waals surface area contributed by atoms with E-state index >= 15 is 0 Å². The summed E-state index contributed by atoms with van der Waals surface area (Å²) in [6.07, 6.45) is 5.70. The Morgan fingerprint density at radius 1 is 1.40 bits per heavy atom. The van der Waals surface area contributed by atoms with E-state index < -0.39 is 0 Å². The van der Waals surface area contributed by atoms with Crippen LogP contribution in [0.1, 0.15) is 40.0 Å². The molecule has 10 heavy (non-hydrogen) atoms. The fraction of sp³-hybridized carbons (Fsp3) is 0.600. The molecule has 0 saturated heterocycles. The summed E-state index contributed by atoms with van der Waals surface area (Å²) in [6, 6.07) is 0. The number of rotatable bonds is 4. The van der Waals surface area contributed by atoms with Gasteiger partial charge in [0, 0.05) is 0 Å². The second kappa shape index (κ2) is 5.28. The van der Waals surface area contributed by atoms with Crippen LogP contribution < -0.4 is 0 Å². The van der Waals surface area contributed by atoms with Gasteiger partial charge in [-0.2, -0.15) is 0 Å². The van der Waals surface area contributed by atoms with Gasteiger partial charge in [-0.15, -0.1) is 0 Å². The van der Waals surface area contributed by atoms with Crippen molar-refractivity contribution in [2.24, 2.45) is 0 Å². The van der Waals surface area contributed by atoms with Crippen LogP contribution in [0.4, 0.5) is 0 Å². The third-order valence-corrected chi connectivity index (χ3v) is 1.62. The van der Waals surface area contributed by atoms with E-state index in [0.29, 0.717) is 0 Å². The normalized spacial score (nSPS) is 11.7. The van der Waals surface area contributed by atoms with Crippen LogP contribution in [0.3, 0.4) is 0 Å². The van der Waals surface area contributed by atoms with Crippen molar-refractivity contribution in [1.82, 2.24) is 0 Å². The molecule has 0 aromatic rings. The van der Waals surface area contributed by atoms with Crippen molar-refractivity contribution in [1.29, 1.82) is 0 Å². The lowest BCUT2D eigenvalue weighted by Gasteiger charge is -2.02. The average molecular weight is 138 g/mol. The maximum absolute atomic E-state index is 3.99. The van der Waals surface area contributed by atoms with E-state index in [1.54, 1.807) is 0 Å². The van der Waals surface area contributed by atoms with Gasteiger partial charge in [0.1, 0.15) is 0 Å². The Kier molecular flexibility index (Phi) is 5.00. The molecule has 0 rings (SSSR count). The zero-order valence-electron chi connectivity index (χ0n) is 7.41. The third-order valence-electron chi connectivity index (χ3n) is 1.62. The van der Waals surface area contributed by atoms with Crippen LogP contribution in [-0.4, -0.2) is 0 Å². The molecule has 0 amide bonds. The van der Waals surface area contributed by atoms with Crippen molar-refractivity contribution in [2.45, 2.75) is 40.0 Å². The first-order chi connectivity index (χ1) is 4.72. The quantitative estimate of drug-likeness (QED) is 0.520. The van der Waals surface area contributed by atoms with E-state index in [2.05, 4.69) is 33.4 Å². The summed E-state index contributed by atoms with van der Waals surface area (Å²) in [5.41, 5.74) is 2.66. The molecule has 0 N–H and O–H groups in total. The molecule has 0 fully saturated rings. The molecular formula is C10H18. The van der Waals surface area contributed by atoms with Crippen molar-refractivity contribution in [3.8, 4) is 0 Å². The highest BCUT2D eigenvalue weighted by Gasteiger charge is 1.92.